The summed E-state index contributed by atoms with van der Waals surface area (Å²) in [6.45, 7) is 19.8. The largest absolute Gasteiger partial charge is 0.396 e. The van der Waals surface area contributed by atoms with E-state index in [1.165, 1.54) is 74.3 Å². The number of ketones is 10. The van der Waals surface area contributed by atoms with Crippen LogP contribution in [0, 0.1) is 0 Å². The maximum Gasteiger partial charge on any atom is 0.149 e. The summed E-state index contributed by atoms with van der Waals surface area (Å²) in [4.78, 5) is 113. The van der Waals surface area contributed by atoms with Crippen molar-refractivity contribution < 1.29 is 65.7 Å². The molecule has 135 heavy (non-hydrogen) atoms. The Labute approximate surface area is 820 Å². The number of fused-ring (bicyclic) bond motifs is 4. The van der Waals surface area contributed by atoms with E-state index in [2.05, 4.69) is 146 Å². The van der Waals surface area contributed by atoms with Crippen LogP contribution in [0.15, 0.2) is 225 Å². The maximum absolute atomic E-state index is 11.8. The minimum absolute atomic E-state index is 0. The smallest absolute Gasteiger partial charge is 0.149 e. The van der Waals surface area contributed by atoms with Crippen molar-refractivity contribution in [3.05, 3.63) is 258 Å². The zero-order valence-electron chi connectivity index (χ0n) is 77.4. The number of rotatable bonds is 35. The fourth-order valence-corrected chi connectivity index (χ4v) is 14.3. The van der Waals surface area contributed by atoms with Gasteiger partial charge in [-0.3, -0.25) is 57.1 Å². The molecule has 1 unspecified atom stereocenters. The van der Waals surface area contributed by atoms with E-state index in [1.54, 1.807) is 89.0 Å². The van der Waals surface area contributed by atoms with Crippen molar-refractivity contribution in [1.82, 2.24) is 36.9 Å². The van der Waals surface area contributed by atoms with E-state index in [0.717, 1.165) is 48.1 Å². The van der Waals surface area contributed by atoms with Crippen LogP contribution in [0.25, 0.3) is 43.1 Å². The lowest BCUT2D eigenvalue weighted by Gasteiger charge is -2.27. The Morgan fingerprint density at radius 1 is 0.385 bits per heavy atom. The number of benzene rings is 9. The average molecular weight is 1910 g/mol. The van der Waals surface area contributed by atoms with Crippen molar-refractivity contribution in [1.29, 1.82) is 0 Å². The fourth-order valence-electron chi connectivity index (χ4n) is 13.1. The molecule has 9 aromatic carbocycles. The minimum Gasteiger partial charge on any atom is -0.396 e. The summed E-state index contributed by atoms with van der Waals surface area (Å²) in [6, 6.07) is 72.6. The molecule has 0 aliphatic carbocycles. The number of Topliss-reactive ketones (excluding diaryl/α,β-unsaturated/α-hetero) is 10. The molecule has 0 aliphatic heterocycles. The van der Waals surface area contributed by atoms with E-state index in [-0.39, 0.29) is 180 Å². The highest BCUT2D eigenvalue weighted by molar-refractivity contribution is 7.90. The number of pyridine rings is 1. The molecule has 6 atom stereocenters. The van der Waals surface area contributed by atoms with Crippen molar-refractivity contribution in [2.75, 3.05) is 72.9 Å². The Morgan fingerprint density at radius 3 is 1.13 bits per heavy atom. The molecular weight excluding hydrogens is 1730 g/mol. The van der Waals surface area contributed by atoms with E-state index in [0.29, 0.717) is 57.1 Å². The van der Waals surface area contributed by atoms with E-state index < -0.39 is 20.6 Å². The van der Waals surface area contributed by atoms with E-state index in [1.807, 2.05) is 144 Å². The number of nitrogens with one attached hydrogen (secondary N) is 6. The van der Waals surface area contributed by atoms with Crippen LogP contribution < -0.4 is 31.9 Å². The molecule has 1 heterocycles. The third kappa shape index (κ3) is 61.4. The zero-order valence-corrected chi connectivity index (χ0v) is 79.0. The molecule has 10 rings (SSSR count). The van der Waals surface area contributed by atoms with Crippen molar-refractivity contribution in [3.63, 3.8) is 0 Å². The number of aliphatic hydroxyl groups excluding tert-OH is 1. The van der Waals surface area contributed by atoms with Gasteiger partial charge in [0, 0.05) is 79.7 Å². The normalized spacial score (nSPS) is 11.1. The lowest BCUT2D eigenvalue weighted by atomic mass is 9.89. The molecule has 0 amide bonds. The molecule has 23 heteroatoms. The number of hydrogen-bond donors (Lipinski definition) is 7. The molecule has 758 valence electrons. The molecule has 1 aromatic heterocycles. The average Bonchev–Trinajstić information content (AvgIpc) is 0.772. The van der Waals surface area contributed by atoms with Gasteiger partial charge in [-0.05, 0) is 246 Å². The summed E-state index contributed by atoms with van der Waals surface area (Å²) < 4.78 is 32.1. The second-order valence-electron chi connectivity index (χ2n) is 30.5. The Bertz CT molecular complexity index is 4990. The van der Waals surface area contributed by atoms with Crippen molar-refractivity contribution in [2.24, 2.45) is 0 Å². The van der Waals surface area contributed by atoms with Gasteiger partial charge in [-0.2, -0.15) is 0 Å². The number of aromatic nitrogens is 1. The second kappa shape index (κ2) is 82.0. The molecule has 0 saturated carbocycles. The molecule has 21 nitrogen and oxygen atoms in total. The highest BCUT2D eigenvalue weighted by Gasteiger charge is 2.29. The Balaban J connectivity index is -0.000000161. The van der Waals surface area contributed by atoms with Crippen molar-refractivity contribution >= 4 is 122 Å². The molecule has 10 aromatic rings. The first-order valence-electron chi connectivity index (χ1n) is 42.3. The lowest BCUT2D eigenvalue weighted by Crippen LogP contribution is -2.48. The number of nitrogens with zero attached hydrogens (tertiary/aromatic N) is 1. The third-order valence-corrected chi connectivity index (χ3v) is 22.2. The van der Waals surface area contributed by atoms with Crippen LogP contribution in [0.5, 0.6) is 0 Å². The Kier molecular flexibility index (Phi) is 88.1. The van der Waals surface area contributed by atoms with Gasteiger partial charge in [0.15, 0.2) is 0 Å². The first-order valence-corrected chi connectivity index (χ1v) is 46.1. The van der Waals surface area contributed by atoms with Crippen LogP contribution in [0.4, 0.5) is 0 Å². The maximum atomic E-state index is 11.8. The fraction of sp³-hybridized carbons (Fsp3) is 0.455. The third-order valence-electron chi connectivity index (χ3n) is 20.4. The summed E-state index contributed by atoms with van der Waals surface area (Å²) in [5.74, 6) is 2.17. The number of hydrogen-bond acceptors (Lipinski definition) is 21. The van der Waals surface area contributed by atoms with Crippen LogP contribution in [0.1, 0.15) is 229 Å². The van der Waals surface area contributed by atoms with E-state index in [9.17, 15) is 60.6 Å². The molecule has 0 bridgehead atoms. The van der Waals surface area contributed by atoms with E-state index >= 15 is 0 Å². The number of aliphatic hydroxyl groups is 1. The van der Waals surface area contributed by atoms with Crippen LogP contribution in [-0.4, -0.2) is 189 Å². The van der Waals surface area contributed by atoms with Crippen LogP contribution >= 0.6 is 0 Å². The molecule has 0 aliphatic rings. The van der Waals surface area contributed by atoms with Gasteiger partial charge in [-0.25, -0.2) is 8.42 Å². The standard InChI is InChI=1S/C19H19NO.2C13H12O.C12H17NO.C10H14N2O.C9H10O.C8H17NO.C7H15NO3S.C7H15NO2S.C4H8O2.10CH4/c1-13(21)19(20-2)12-18-16-9-5-3-7-14(16)11-15-8-4-6-10-17(15)18;1-10(14)9-12-7-4-6-11-5-2-3-8-13(11)12;1-10(14)8-11-6-7-12-4-2-3-5-13(12)9-11;1-10(14)12(13-2)9-8-11-6-4-3-5-7-11;1-8(13)10(11-2)7-9-5-3-4-6-12-9;1-8(10)7-9-5-3-2-4-6-9;1-5-8(6-2,9-4)7(3)10;1-6(9)7(8-2)4-5-12(3,10)11;1-6(9)7(8-2)4-5-11(3)10;1-4(6)2-3-5;;;;;;;;;;/h3-11,19-20H,12H2,1-2H3;2-8H,9H2,1H3;2-7,9H,8H2,1H3;3-7,12-13H,8-9H2,1-2H3;3-6,10-11H,7H2,1-2H3;2-6H,7H2,1H3;9H,5-6H2,1-4H3;7-8H,4-5H2,1-3H3;7-8H,4-5H2,1-3H3;5H,2-3H2,1H3;10*1H4/t19-;;;12-;10-;;;7-;7-,11?;;;;;;;;;;;/m0..00..00.........../s1. The van der Waals surface area contributed by atoms with Crippen LogP contribution in [-0.2, 0) is 107 Å². The summed E-state index contributed by atoms with van der Waals surface area (Å²) >= 11 is 0. The zero-order chi connectivity index (χ0) is 94.0. The first-order chi connectivity index (χ1) is 59.3. The molecule has 0 fully saturated rings. The molecular formula is C112H179N7O14S2. The predicted molar refractivity (Wildman–Crippen MR) is 584 cm³/mol. The molecule has 0 spiro atoms. The van der Waals surface area contributed by atoms with Gasteiger partial charge in [-0.15, -0.1) is 0 Å². The minimum atomic E-state index is -2.96. The summed E-state index contributed by atoms with van der Waals surface area (Å²) in [7, 11) is 6.94. The molecule has 7 N–H and O–H groups in total. The number of carbonyl (C=O) groups excluding carboxylic acids is 10. The summed E-state index contributed by atoms with van der Waals surface area (Å²) in [6.07, 6.45) is 12.4. The predicted octanol–water partition coefficient (Wildman–Crippen LogP) is 21.3. The number of aryl methyl sites for hydroxylation is 1. The Hall–Kier alpha value is -10.3. The van der Waals surface area contributed by atoms with Gasteiger partial charge in [0.1, 0.15) is 67.7 Å². The van der Waals surface area contributed by atoms with E-state index in [4.69, 9.17) is 5.11 Å². The van der Waals surface area contributed by atoms with Gasteiger partial charge in [0.2, 0.25) is 0 Å². The number of sulfone groups is 1. The number of likely N-dealkylation sites (N-methyl/N-ethyl adjacent to an activating group) is 6. The topological polar surface area (TPSA) is 327 Å². The van der Waals surface area contributed by atoms with Gasteiger partial charge in [0.25, 0.3) is 0 Å². The van der Waals surface area contributed by atoms with Gasteiger partial charge >= 0.3 is 0 Å². The van der Waals surface area contributed by atoms with Gasteiger partial charge in [-0.1, -0.05) is 288 Å². The lowest BCUT2D eigenvalue weighted by molar-refractivity contribution is -0.123. The van der Waals surface area contributed by atoms with Crippen LogP contribution in [0.2, 0.25) is 0 Å². The van der Waals surface area contributed by atoms with Crippen molar-refractivity contribution in [3.8, 4) is 0 Å². The quantitative estimate of drug-likeness (QED) is 0.0181. The highest BCUT2D eigenvalue weighted by Crippen LogP contribution is 2.30. The van der Waals surface area contributed by atoms with Gasteiger partial charge in [0.05, 0.1) is 41.5 Å². The van der Waals surface area contributed by atoms with Gasteiger partial charge < -0.3 is 37.0 Å². The molecule has 0 radical (unpaired) electrons. The second-order valence-corrected chi connectivity index (χ2v) is 34.3. The van der Waals surface area contributed by atoms with Crippen LogP contribution in [0.3, 0.4) is 0 Å². The highest BCUT2D eigenvalue weighted by atomic mass is 32.2. The van der Waals surface area contributed by atoms with Crippen molar-refractivity contribution in [2.45, 2.75) is 270 Å². The Morgan fingerprint density at radius 2 is 0.763 bits per heavy atom. The number of carbonyl (C=O) groups is 10. The summed E-state index contributed by atoms with van der Waals surface area (Å²) in [5, 5.41) is 35.6. The molecule has 0 saturated heterocycles. The first kappa shape index (κ1) is 145. The monoisotopic (exact) mass is 1910 g/mol. The summed E-state index contributed by atoms with van der Waals surface area (Å²) in [5.41, 5.74) is 6.52. The SMILES string of the molecule is C.C.C.C.C.C.C.C.C.C.CC(=O)CCO.CC(=O)Cc1ccc2ccccc2c1.CC(=O)Cc1cccc2ccccc12.CC(=O)Cc1ccccc1.CCC(CC)(NC)C(C)=O.CN[C@@H](CCS(C)(=O)=O)C(C)=O.CN[C@@H](CCS(C)=O)C(C)=O.CN[C@@H](CCc1ccccc1)C(C)=O.CN[C@@H](Cc1c2ccccc2cc2ccccc12)C(C)=O.CN[C@@H](Cc1ccccn1)C(C)=O.